The largest absolute Gasteiger partial charge is 0.497 e. The molecule has 2 aromatic heterocycles. The Bertz CT molecular complexity index is 706. The van der Waals surface area contributed by atoms with Crippen LogP contribution < -0.4 is 10.5 Å². The van der Waals surface area contributed by atoms with Crippen molar-refractivity contribution >= 4 is 17.0 Å². The van der Waals surface area contributed by atoms with Crippen LogP contribution in [0.15, 0.2) is 30.6 Å². The molecule has 2 N–H and O–H groups in total. The molecule has 7 nitrogen and oxygen atoms in total. The molecule has 0 radical (unpaired) electrons. The summed E-state index contributed by atoms with van der Waals surface area (Å²) in [6.45, 7) is 0.566. The van der Waals surface area contributed by atoms with E-state index in [2.05, 4.69) is 20.3 Å². The molecule has 0 amide bonds. The zero-order valence-corrected chi connectivity index (χ0v) is 10.3. The van der Waals surface area contributed by atoms with Crippen molar-refractivity contribution in [2.75, 3.05) is 12.8 Å². The topological polar surface area (TPSA) is 91.7 Å². The number of nitrogens with two attached hydrogens (primary N) is 1. The summed E-state index contributed by atoms with van der Waals surface area (Å²) in [6.07, 6.45) is 1.41. The lowest BCUT2D eigenvalue weighted by Crippen LogP contribution is -2.03. The molecule has 19 heavy (non-hydrogen) atoms. The Hall–Kier alpha value is -2.70. The van der Waals surface area contributed by atoms with E-state index in [9.17, 15) is 0 Å². The molecule has 0 bridgehead atoms. The van der Waals surface area contributed by atoms with Gasteiger partial charge in [0, 0.05) is 0 Å². The Morgan fingerprint density at radius 1 is 1.21 bits per heavy atom. The smallest absolute Gasteiger partial charge is 0.184 e. The molecule has 0 aliphatic heterocycles. The summed E-state index contributed by atoms with van der Waals surface area (Å²) in [4.78, 5) is 8.04. The summed E-state index contributed by atoms with van der Waals surface area (Å²) < 4.78 is 6.81. The second-order valence-electron chi connectivity index (χ2n) is 4.03. The van der Waals surface area contributed by atoms with E-state index in [1.165, 1.54) is 6.33 Å². The first-order chi connectivity index (χ1) is 9.28. The van der Waals surface area contributed by atoms with Crippen LogP contribution >= 0.6 is 0 Å². The first kappa shape index (κ1) is 11.4. The van der Waals surface area contributed by atoms with E-state index in [4.69, 9.17) is 10.5 Å². The summed E-state index contributed by atoms with van der Waals surface area (Å²) >= 11 is 0. The number of nitrogen functional groups attached to an aromatic ring is 1. The highest BCUT2D eigenvalue weighted by molar-refractivity contribution is 5.80. The van der Waals surface area contributed by atoms with Crippen molar-refractivity contribution in [2.45, 2.75) is 6.54 Å². The molecule has 1 aromatic carbocycles. The predicted octanol–water partition coefficient (Wildman–Crippen LogP) is 0.860. The molecule has 0 aliphatic rings. The molecule has 0 saturated heterocycles. The van der Waals surface area contributed by atoms with Crippen LogP contribution in [0.1, 0.15) is 5.56 Å². The number of hydrogen-bond donors (Lipinski definition) is 1. The molecule has 3 rings (SSSR count). The van der Waals surface area contributed by atoms with Gasteiger partial charge in [0.25, 0.3) is 0 Å². The van der Waals surface area contributed by atoms with Gasteiger partial charge in [-0.2, -0.15) is 0 Å². The SMILES string of the molecule is COc1ccc(Cn2nnc3c(N)ncnc32)cc1. The molecule has 0 fully saturated rings. The number of anilines is 1. The third-order valence-corrected chi connectivity index (χ3v) is 2.82. The second-order valence-corrected chi connectivity index (χ2v) is 4.03. The second kappa shape index (κ2) is 4.52. The average Bonchev–Trinajstić information content (AvgIpc) is 2.84. The minimum absolute atomic E-state index is 0.339. The molecule has 7 heteroatoms. The number of hydrogen-bond acceptors (Lipinski definition) is 6. The van der Waals surface area contributed by atoms with Crippen LogP contribution in [0.2, 0.25) is 0 Å². The number of rotatable bonds is 3. The third-order valence-electron chi connectivity index (χ3n) is 2.82. The Balaban J connectivity index is 1.94. The highest BCUT2D eigenvalue weighted by atomic mass is 16.5. The standard InChI is InChI=1S/C12H12N6O/c1-19-9-4-2-8(3-5-9)6-18-12-10(16-17-18)11(13)14-7-15-12/h2-5,7H,6H2,1H3,(H2,13,14,15). The van der Waals surface area contributed by atoms with Crippen molar-refractivity contribution in [3.63, 3.8) is 0 Å². The Kier molecular flexibility index (Phi) is 2.71. The third kappa shape index (κ3) is 2.05. The van der Waals surface area contributed by atoms with Crippen LogP contribution in [0.4, 0.5) is 5.82 Å². The molecular weight excluding hydrogens is 244 g/mol. The van der Waals surface area contributed by atoms with Crippen LogP contribution in [-0.2, 0) is 6.54 Å². The summed E-state index contributed by atoms with van der Waals surface area (Å²) in [7, 11) is 1.64. The highest BCUT2D eigenvalue weighted by Crippen LogP contribution is 2.15. The number of fused-ring (bicyclic) bond motifs is 1. The van der Waals surface area contributed by atoms with Crippen molar-refractivity contribution in [2.24, 2.45) is 0 Å². The van der Waals surface area contributed by atoms with E-state index < -0.39 is 0 Å². The molecule has 0 saturated carbocycles. The maximum atomic E-state index is 5.72. The van der Waals surface area contributed by atoms with E-state index in [0.29, 0.717) is 23.5 Å². The first-order valence-electron chi connectivity index (χ1n) is 5.70. The zero-order valence-electron chi connectivity index (χ0n) is 10.3. The number of methoxy groups -OCH3 is 1. The molecule has 0 unspecified atom stereocenters. The fraction of sp³-hybridized carbons (Fsp3) is 0.167. The van der Waals surface area contributed by atoms with Gasteiger partial charge in [-0.3, -0.25) is 0 Å². The Morgan fingerprint density at radius 2 is 2.00 bits per heavy atom. The Labute approximate surface area is 109 Å². The number of nitrogens with zero attached hydrogens (tertiary/aromatic N) is 5. The van der Waals surface area contributed by atoms with Crippen LogP contribution in [0.5, 0.6) is 5.75 Å². The van der Waals surface area contributed by atoms with Crippen LogP contribution in [0, 0.1) is 0 Å². The van der Waals surface area contributed by atoms with E-state index in [1.807, 2.05) is 24.3 Å². The maximum absolute atomic E-state index is 5.72. The summed E-state index contributed by atoms with van der Waals surface area (Å²) in [6, 6.07) is 7.74. The lowest BCUT2D eigenvalue weighted by Gasteiger charge is -2.04. The normalized spacial score (nSPS) is 10.8. The van der Waals surface area contributed by atoms with Gasteiger partial charge in [0.1, 0.15) is 12.1 Å². The van der Waals surface area contributed by atoms with Crippen molar-refractivity contribution in [1.82, 2.24) is 25.0 Å². The van der Waals surface area contributed by atoms with Gasteiger partial charge in [0.05, 0.1) is 13.7 Å². The molecule has 3 aromatic rings. The fourth-order valence-electron chi connectivity index (χ4n) is 1.82. The zero-order chi connectivity index (χ0) is 13.2. The van der Waals surface area contributed by atoms with Crippen LogP contribution in [0.3, 0.4) is 0 Å². The predicted molar refractivity (Wildman–Crippen MR) is 69.6 cm³/mol. The van der Waals surface area contributed by atoms with E-state index in [0.717, 1.165) is 11.3 Å². The lowest BCUT2D eigenvalue weighted by atomic mass is 10.2. The minimum atomic E-state index is 0.339. The van der Waals surface area contributed by atoms with Gasteiger partial charge >= 0.3 is 0 Å². The van der Waals surface area contributed by atoms with Gasteiger partial charge in [-0.05, 0) is 17.7 Å². The molecule has 0 spiro atoms. The molecule has 96 valence electrons. The van der Waals surface area contributed by atoms with Gasteiger partial charge in [-0.1, -0.05) is 17.3 Å². The number of ether oxygens (including phenoxy) is 1. The fourth-order valence-corrected chi connectivity index (χ4v) is 1.82. The summed E-state index contributed by atoms with van der Waals surface area (Å²) in [5.41, 5.74) is 7.94. The highest BCUT2D eigenvalue weighted by Gasteiger charge is 2.09. The lowest BCUT2D eigenvalue weighted by molar-refractivity contribution is 0.414. The summed E-state index contributed by atoms with van der Waals surface area (Å²) in [5.74, 6) is 1.16. The van der Waals surface area contributed by atoms with Gasteiger partial charge in [-0.15, -0.1) is 5.10 Å². The van der Waals surface area contributed by atoms with Crippen LogP contribution in [0.25, 0.3) is 11.2 Å². The molecule has 0 atom stereocenters. The van der Waals surface area contributed by atoms with E-state index in [-0.39, 0.29) is 0 Å². The van der Waals surface area contributed by atoms with E-state index >= 15 is 0 Å². The van der Waals surface area contributed by atoms with Gasteiger partial charge in [0.2, 0.25) is 0 Å². The van der Waals surface area contributed by atoms with Crippen molar-refractivity contribution in [3.8, 4) is 5.75 Å². The quantitative estimate of drug-likeness (QED) is 0.747. The van der Waals surface area contributed by atoms with Crippen LogP contribution in [-0.4, -0.2) is 32.1 Å². The molecule has 0 aliphatic carbocycles. The number of aromatic nitrogens is 5. The van der Waals surface area contributed by atoms with E-state index in [1.54, 1.807) is 11.8 Å². The van der Waals surface area contributed by atoms with Crippen molar-refractivity contribution in [3.05, 3.63) is 36.2 Å². The monoisotopic (exact) mass is 256 g/mol. The Morgan fingerprint density at radius 3 is 2.74 bits per heavy atom. The van der Waals surface area contributed by atoms with Gasteiger partial charge in [-0.25, -0.2) is 14.6 Å². The van der Waals surface area contributed by atoms with Gasteiger partial charge < -0.3 is 10.5 Å². The molecular formula is C12H12N6O. The molecule has 2 heterocycles. The van der Waals surface area contributed by atoms with Crippen molar-refractivity contribution in [1.29, 1.82) is 0 Å². The van der Waals surface area contributed by atoms with Crippen molar-refractivity contribution < 1.29 is 4.74 Å². The maximum Gasteiger partial charge on any atom is 0.184 e. The average molecular weight is 256 g/mol. The number of benzene rings is 1. The minimum Gasteiger partial charge on any atom is -0.497 e. The first-order valence-corrected chi connectivity index (χ1v) is 5.70. The van der Waals surface area contributed by atoms with Gasteiger partial charge in [0.15, 0.2) is 17.0 Å². The summed E-state index contributed by atoms with van der Waals surface area (Å²) in [5, 5.41) is 8.03.